The molecule has 0 fully saturated rings. The third-order valence-corrected chi connectivity index (χ3v) is 6.37. The molecule has 2 aliphatic rings. The van der Waals surface area contributed by atoms with Gasteiger partial charge in [0.25, 0.3) is 5.91 Å². The number of phenolic OH excluding ortho intramolecular Hbond substituents is 1. The van der Waals surface area contributed by atoms with Gasteiger partial charge in [0, 0.05) is 4.88 Å². The van der Waals surface area contributed by atoms with Crippen molar-refractivity contribution in [2.45, 2.75) is 32.4 Å². The van der Waals surface area contributed by atoms with Crippen LogP contribution in [0, 0.1) is 5.92 Å². The number of methoxy groups -OCH3 is 1. The number of benzene rings is 1. The molecule has 1 aromatic carbocycles. The molecule has 7 heteroatoms. The van der Waals surface area contributed by atoms with Crippen LogP contribution in [0.3, 0.4) is 0 Å². The van der Waals surface area contributed by atoms with E-state index in [1.807, 2.05) is 0 Å². The van der Waals surface area contributed by atoms with Crippen molar-refractivity contribution in [1.29, 1.82) is 0 Å². The number of nitrogens with one attached hydrogen (secondary N) is 2. The van der Waals surface area contributed by atoms with E-state index in [4.69, 9.17) is 16.3 Å². The fourth-order valence-corrected chi connectivity index (χ4v) is 5.20. The van der Waals surface area contributed by atoms with Gasteiger partial charge in [-0.15, -0.1) is 11.3 Å². The second-order valence-corrected chi connectivity index (χ2v) is 8.17. The Morgan fingerprint density at radius 2 is 2.16 bits per heavy atom. The number of ether oxygens (including phenoxy) is 1. The van der Waals surface area contributed by atoms with E-state index in [0.717, 1.165) is 35.4 Å². The maximum absolute atomic E-state index is 12.7. The molecule has 132 valence electrons. The summed E-state index contributed by atoms with van der Waals surface area (Å²) in [6.07, 6.45) is 2.70. The van der Waals surface area contributed by atoms with Gasteiger partial charge in [0.05, 0.1) is 17.7 Å². The fraction of sp³-hybridized carbons (Fsp3) is 0.389. The number of amides is 1. The summed E-state index contributed by atoms with van der Waals surface area (Å²) in [6, 6.07) is 3.32. The van der Waals surface area contributed by atoms with Gasteiger partial charge in [-0.3, -0.25) is 4.79 Å². The third kappa shape index (κ3) is 2.73. The lowest BCUT2D eigenvalue weighted by Crippen LogP contribution is -2.38. The van der Waals surface area contributed by atoms with Gasteiger partial charge in [-0.25, -0.2) is 0 Å². The van der Waals surface area contributed by atoms with Gasteiger partial charge in [-0.05, 0) is 48.4 Å². The number of carbonyl (C=O) groups excluding carboxylic acids is 1. The zero-order valence-electron chi connectivity index (χ0n) is 14.0. The van der Waals surface area contributed by atoms with Crippen LogP contribution in [-0.2, 0) is 12.8 Å². The summed E-state index contributed by atoms with van der Waals surface area (Å²) in [5.41, 5.74) is 2.72. The molecule has 0 spiro atoms. The lowest BCUT2D eigenvalue weighted by molar-refractivity contribution is 0.0935. The zero-order chi connectivity index (χ0) is 17.7. The molecular weight excluding hydrogens is 360 g/mol. The average Bonchev–Trinajstić information content (AvgIpc) is 2.94. The highest BCUT2D eigenvalue weighted by Crippen LogP contribution is 2.43. The number of fused-ring (bicyclic) bond motifs is 3. The summed E-state index contributed by atoms with van der Waals surface area (Å²) in [7, 11) is 1.47. The number of aromatic hydroxyl groups is 1. The van der Waals surface area contributed by atoms with E-state index in [-0.39, 0.29) is 22.4 Å². The second-order valence-electron chi connectivity index (χ2n) is 6.66. The standard InChI is InChI=1S/C18H19ClN2O3S/c1-8-3-4-10-13(5-8)25-18-14(10)17(23)20-16(21-18)9-6-11(19)15(22)12(7-9)24-2/h6-8,16,21-22H,3-5H2,1-2H3,(H,20,23)/t8-,16-/m1/s1. The largest absolute Gasteiger partial charge is 0.503 e. The molecule has 0 saturated heterocycles. The van der Waals surface area contributed by atoms with Crippen molar-refractivity contribution in [3.05, 3.63) is 38.7 Å². The van der Waals surface area contributed by atoms with Gasteiger partial charge in [0.1, 0.15) is 11.2 Å². The van der Waals surface area contributed by atoms with Gasteiger partial charge < -0.3 is 20.5 Å². The topological polar surface area (TPSA) is 70.6 Å². The summed E-state index contributed by atoms with van der Waals surface area (Å²) in [6.45, 7) is 2.25. The van der Waals surface area contributed by atoms with E-state index in [1.54, 1.807) is 23.5 Å². The molecule has 2 atom stereocenters. The quantitative estimate of drug-likeness (QED) is 0.736. The Morgan fingerprint density at radius 1 is 1.36 bits per heavy atom. The van der Waals surface area contributed by atoms with Gasteiger partial charge in [-0.1, -0.05) is 18.5 Å². The molecule has 1 aliphatic heterocycles. The van der Waals surface area contributed by atoms with Gasteiger partial charge >= 0.3 is 0 Å². The minimum atomic E-state index is -0.412. The number of hydrogen-bond donors (Lipinski definition) is 3. The molecule has 0 saturated carbocycles. The van der Waals surface area contributed by atoms with Crippen molar-refractivity contribution in [1.82, 2.24) is 5.32 Å². The average molecular weight is 379 g/mol. The highest BCUT2D eigenvalue weighted by molar-refractivity contribution is 7.16. The van der Waals surface area contributed by atoms with Crippen LogP contribution in [-0.4, -0.2) is 18.1 Å². The number of hydrogen-bond acceptors (Lipinski definition) is 5. The molecule has 0 radical (unpaired) electrons. The molecule has 5 nitrogen and oxygen atoms in total. The Morgan fingerprint density at radius 3 is 2.92 bits per heavy atom. The number of halogens is 1. The highest BCUT2D eigenvalue weighted by Gasteiger charge is 2.33. The highest BCUT2D eigenvalue weighted by atomic mass is 35.5. The van der Waals surface area contributed by atoms with Gasteiger partial charge in [0.15, 0.2) is 11.5 Å². The fourth-order valence-electron chi connectivity index (χ4n) is 3.55. The molecule has 2 heterocycles. The molecule has 1 aliphatic carbocycles. The normalized spacial score (nSPS) is 21.8. The minimum Gasteiger partial charge on any atom is -0.503 e. The van der Waals surface area contributed by atoms with Crippen LogP contribution in [0.25, 0.3) is 0 Å². The third-order valence-electron chi connectivity index (χ3n) is 4.89. The number of thiophene rings is 1. The first-order valence-corrected chi connectivity index (χ1v) is 9.45. The van der Waals surface area contributed by atoms with Crippen molar-refractivity contribution in [3.8, 4) is 11.5 Å². The first-order chi connectivity index (χ1) is 12.0. The first kappa shape index (κ1) is 16.5. The summed E-state index contributed by atoms with van der Waals surface area (Å²) in [5, 5.41) is 17.4. The monoisotopic (exact) mass is 378 g/mol. The summed E-state index contributed by atoms with van der Waals surface area (Å²) >= 11 is 7.76. The lowest BCUT2D eigenvalue weighted by atomic mass is 9.88. The van der Waals surface area contributed by atoms with E-state index >= 15 is 0 Å². The van der Waals surface area contributed by atoms with Crippen LogP contribution < -0.4 is 15.4 Å². The molecule has 1 amide bonds. The van der Waals surface area contributed by atoms with Gasteiger partial charge in [-0.2, -0.15) is 0 Å². The number of phenols is 1. The zero-order valence-corrected chi connectivity index (χ0v) is 15.6. The predicted octanol–water partition coefficient (Wildman–Crippen LogP) is 4.09. The Kier molecular flexibility index (Phi) is 4.04. The van der Waals surface area contributed by atoms with Crippen molar-refractivity contribution in [2.75, 3.05) is 12.4 Å². The van der Waals surface area contributed by atoms with Crippen LogP contribution in [0.15, 0.2) is 12.1 Å². The minimum absolute atomic E-state index is 0.0611. The van der Waals surface area contributed by atoms with E-state index in [0.29, 0.717) is 5.92 Å². The number of carbonyl (C=O) groups is 1. The van der Waals surface area contributed by atoms with Crippen LogP contribution >= 0.6 is 22.9 Å². The molecule has 3 N–H and O–H groups in total. The molecular formula is C18H19ClN2O3S. The van der Waals surface area contributed by atoms with E-state index in [2.05, 4.69) is 17.6 Å². The molecule has 25 heavy (non-hydrogen) atoms. The van der Waals surface area contributed by atoms with Crippen molar-refractivity contribution in [2.24, 2.45) is 5.92 Å². The Bertz CT molecular complexity index is 864. The maximum atomic E-state index is 12.7. The van der Waals surface area contributed by atoms with E-state index in [1.165, 1.54) is 17.6 Å². The second kappa shape index (κ2) is 6.11. The molecule has 1 aromatic heterocycles. The molecule has 0 unspecified atom stereocenters. The van der Waals surface area contributed by atoms with Crippen molar-refractivity contribution < 1.29 is 14.6 Å². The van der Waals surface area contributed by atoms with Crippen LogP contribution in [0.2, 0.25) is 5.02 Å². The SMILES string of the molecule is COc1cc([C@@H]2NC(=O)c3c(sc4c3CC[C@@H](C)C4)N2)cc(Cl)c1O. The van der Waals surface area contributed by atoms with Crippen LogP contribution in [0.5, 0.6) is 11.5 Å². The smallest absolute Gasteiger partial charge is 0.256 e. The molecule has 2 aromatic rings. The first-order valence-electron chi connectivity index (χ1n) is 8.26. The Balaban J connectivity index is 1.71. The van der Waals surface area contributed by atoms with Crippen LogP contribution in [0.4, 0.5) is 5.00 Å². The molecule has 0 bridgehead atoms. The Labute approximate surface area is 155 Å². The van der Waals surface area contributed by atoms with Gasteiger partial charge in [0.2, 0.25) is 0 Å². The van der Waals surface area contributed by atoms with Crippen molar-refractivity contribution in [3.63, 3.8) is 0 Å². The predicted molar refractivity (Wildman–Crippen MR) is 99.0 cm³/mol. The number of anilines is 1. The maximum Gasteiger partial charge on any atom is 0.256 e. The summed E-state index contributed by atoms with van der Waals surface area (Å²) in [5.74, 6) is 0.778. The summed E-state index contributed by atoms with van der Waals surface area (Å²) in [4.78, 5) is 14.0. The molecule has 4 rings (SSSR count). The van der Waals surface area contributed by atoms with E-state index in [9.17, 15) is 9.90 Å². The number of rotatable bonds is 2. The summed E-state index contributed by atoms with van der Waals surface area (Å²) < 4.78 is 5.16. The lowest BCUT2D eigenvalue weighted by Gasteiger charge is -2.27. The van der Waals surface area contributed by atoms with Crippen molar-refractivity contribution >= 4 is 33.8 Å². The van der Waals surface area contributed by atoms with Crippen LogP contribution in [0.1, 0.15) is 45.9 Å². The Hall–Kier alpha value is -1.92. The van der Waals surface area contributed by atoms with E-state index < -0.39 is 6.17 Å².